The van der Waals surface area contributed by atoms with Crippen molar-refractivity contribution in [2.24, 2.45) is 0 Å². The van der Waals surface area contributed by atoms with Gasteiger partial charge in [0.05, 0.1) is 0 Å². The van der Waals surface area contributed by atoms with Crippen LogP contribution in [0.1, 0.15) is 0 Å². The second-order valence-electron chi connectivity index (χ2n) is 0. The van der Waals surface area contributed by atoms with Crippen molar-refractivity contribution < 1.29 is 0 Å². The number of halogens is 4. The van der Waals surface area contributed by atoms with Crippen molar-refractivity contribution in [3.05, 3.63) is 0 Å². The van der Waals surface area contributed by atoms with Gasteiger partial charge in [-0.3, -0.25) is 0 Å². The maximum Gasteiger partial charge on any atom is 2.00 e. The fourth-order valence-electron chi connectivity index (χ4n) is 0. The monoisotopic (exact) mass is 224 g/mol. The molecule has 0 atom stereocenters. The second-order valence-corrected chi connectivity index (χ2v) is 0. The molecule has 5 heavy (non-hydrogen) atoms. The van der Waals surface area contributed by atoms with Gasteiger partial charge in [-0.15, -0.1) is 49.6 Å². The first-order valence-corrected chi connectivity index (χ1v) is 0. The predicted octanol–water partition coefficient (Wildman–Crippen LogP) is 1.31. The van der Waals surface area contributed by atoms with E-state index in [2.05, 4.69) is 0 Å². The van der Waals surface area contributed by atoms with Gasteiger partial charge in [0.1, 0.15) is 0 Å². The molecule has 0 aromatic heterocycles. The Labute approximate surface area is 66.6 Å². The minimum absolute atomic E-state index is 0. The Balaban J connectivity index is 0. The third kappa shape index (κ3) is 27.3. The molecule has 4 radical (unpaired) electrons. The molecule has 0 unspecified atom stereocenters. The predicted molar refractivity (Wildman–Crippen MR) is 34.7 cm³/mol. The Bertz CT molecular complexity index is 3.61. The van der Waals surface area contributed by atoms with Crippen molar-refractivity contribution in [3.8, 4) is 0 Å². The molecule has 0 aliphatic rings. The SMILES string of the molecule is Cl.Cl.Cl.Cl.[Se+2]. The summed E-state index contributed by atoms with van der Waals surface area (Å²) in [6.45, 7) is 0. The average Bonchev–Trinajstić information content (AvgIpc) is 0. The molecule has 0 rings (SSSR count). The average molecular weight is 225 g/mol. The van der Waals surface area contributed by atoms with Crippen LogP contribution in [-0.4, -0.2) is 17.1 Å². The van der Waals surface area contributed by atoms with Gasteiger partial charge in [-0.25, -0.2) is 0 Å². The minimum atomic E-state index is 0. The molecule has 0 spiro atoms. The van der Waals surface area contributed by atoms with Crippen molar-refractivity contribution in [1.29, 1.82) is 0 Å². The maximum atomic E-state index is 0. The van der Waals surface area contributed by atoms with Gasteiger partial charge in [0.2, 0.25) is 0 Å². The van der Waals surface area contributed by atoms with E-state index in [0.717, 1.165) is 0 Å². The van der Waals surface area contributed by atoms with E-state index in [1.807, 2.05) is 0 Å². The van der Waals surface area contributed by atoms with E-state index in [-0.39, 0.29) is 66.7 Å². The molecule has 0 saturated carbocycles. The van der Waals surface area contributed by atoms with Gasteiger partial charge in [0.25, 0.3) is 0 Å². The summed E-state index contributed by atoms with van der Waals surface area (Å²) in [4.78, 5) is 0. The summed E-state index contributed by atoms with van der Waals surface area (Å²) in [7, 11) is 0. The summed E-state index contributed by atoms with van der Waals surface area (Å²) in [6, 6.07) is 0. The van der Waals surface area contributed by atoms with E-state index < -0.39 is 0 Å². The standard InChI is InChI=1S/4ClH.Se/h4*1H;/q;;;;+2. The summed E-state index contributed by atoms with van der Waals surface area (Å²) in [5.74, 6) is 0. The van der Waals surface area contributed by atoms with E-state index in [4.69, 9.17) is 0 Å². The first-order chi connectivity index (χ1) is 0. The fraction of sp³-hybridized carbons (Fsp3) is 0. The molecule has 0 aromatic rings. The normalized spacial score (nSPS) is 0. The van der Waals surface area contributed by atoms with E-state index in [1.165, 1.54) is 0 Å². The molecular weight excluding hydrogens is 221 g/mol. The molecule has 0 heterocycles. The molecular formula is H4Cl4Se+2. The Hall–Kier alpha value is 1.68. The Kier molecular flexibility index (Phi) is 674. The van der Waals surface area contributed by atoms with Gasteiger partial charge in [0.15, 0.2) is 0 Å². The molecule has 0 aliphatic carbocycles. The van der Waals surface area contributed by atoms with Gasteiger partial charge in [-0.1, -0.05) is 0 Å². The van der Waals surface area contributed by atoms with Crippen molar-refractivity contribution in [3.63, 3.8) is 0 Å². The molecule has 0 saturated heterocycles. The fourth-order valence-corrected chi connectivity index (χ4v) is 0. The molecule has 0 N–H and O–H groups in total. The first kappa shape index (κ1) is 76.4. The summed E-state index contributed by atoms with van der Waals surface area (Å²) in [6.07, 6.45) is 0. The summed E-state index contributed by atoms with van der Waals surface area (Å²) in [5, 5.41) is 0. The smallest absolute Gasteiger partial charge is 0.147 e. The van der Waals surface area contributed by atoms with Crippen molar-refractivity contribution in [2.75, 3.05) is 0 Å². The number of hydrogen-bond acceptors (Lipinski definition) is 0. The third-order valence-electron chi connectivity index (χ3n) is 0. The summed E-state index contributed by atoms with van der Waals surface area (Å²) < 4.78 is 0. The molecule has 36 valence electrons. The van der Waals surface area contributed by atoms with Gasteiger partial charge >= 0.3 is 17.1 Å². The molecule has 0 aliphatic heterocycles. The second kappa shape index (κ2) is 44.1. The van der Waals surface area contributed by atoms with Crippen LogP contribution in [-0.2, 0) is 0 Å². The Morgan fingerprint density at radius 3 is 0.400 bits per heavy atom. The number of hydrogen-bond donors (Lipinski definition) is 0. The van der Waals surface area contributed by atoms with Gasteiger partial charge in [-0.2, -0.15) is 0 Å². The largest absolute Gasteiger partial charge is 2.00 e. The van der Waals surface area contributed by atoms with Crippen molar-refractivity contribution >= 4 is 66.7 Å². The van der Waals surface area contributed by atoms with E-state index in [9.17, 15) is 0 Å². The van der Waals surface area contributed by atoms with Crippen LogP contribution in [0.25, 0.3) is 0 Å². The zero-order valence-corrected chi connectivity index (χ0v) is 7.02. The third-order valence-corrected chi connectivity index (χ3v) is 0. The molecule has 0 amide bonds. The molecule has 0 aromatic carbocycles. The topological polar surface area (TPSA) is 0 Å². The van der Waals surface area contributed by atoms with Crippen LogP contribution >= 0.6 is 49.6 Å². The van der Waals surface area contributed by atoms with Crippen LogP contribution in [0.15, 0.2) is 0 Å². The zero-order valence-electron chi connectivity index (χ0n) is 2.04. The summed E-state index contributed by atoms with van der Waals surface area (Å²) >= 11 is 0. The number of rotatable bonds is 0. The molecule has 0 nitrogen and oxygen atoms in total. The van der Waals surface area contributed by atoms with Crippen LogP contribution in [0.4, 0.5) is 0 Å². The van der Waals surface area contributed by atoms with Crippen molar-refractivity contribution in [2.45, 2.75) is 0 Å². The van der Waals surface area contributed by atoms with Gasteiger partial charge in [-0.05, 0) is 0 Å². The minimum Gasteiger partial charge on any atom is -0.147 e. The maximum absolute atomic E-state index is 0. The van der Waals surface area contributed by atoms with Crippen LogP contribution < -0.4 is 0 Å². The first-order valence-electron chi connectivity index (χ1n) is 0. The van der Waals surface area contributed by atoms with Crippen LogP contribution in [0.2, 0.25) is 0 Å². The van der Waals surface area contributed by atoms with Gasteiger partial charge in [0, 0.05) is 0 Å². The van der Waals surface area contributed by atoms with Crippen molar-refractivity contribution in [1.82, 2.24) is 0 Å². The van der Waals surface area contributed by atoms with Crippen LogP contribution in [0.3, 0.4) is 0 Å². The van der Waals surface area contributed by atoms with E-state index in [1.54, 1.807) is 0 Å². The van der Waals surface area contributed by atoms with Crippen LogP contribution in [0.5, 0.6) is 0 Å². The van der Waals surface area contributed by atoms with E-state index >= 15 is 0 Å². The molecule has 0 fully saturated rings. The Morgan fingerprint density at radius 2 is 0.400 bits per heavy atom. The van der Waals surface area contributed by atoms with E-state index in [0.29, 0.717) is 0 Å². The molecule has 0 bridgehead atoms. The Morgan fingerprint density at radius 1 is 0.400 bits per heavy atom. The van der Waals surface area contributed by atoms with Gasteiger partial charge < -0.3 is 0 Å². The summed E-state index contributed by atoms with van der Waals surface area (Å²) in [5.41, 5.74) is 0. The molecule has 5 heteroatoms. The van der Waals surface area contributed by atoms with Crippen LogP contribution in [0, 0.1) is 0 Å². The zero-order chi connectivity index (χ0) is 0. The quantitative estimate of drug-likeness (QED) is 0.545.